The molecule has 2 aromatic rings. The van der Waals surface area contributed by atoms with Gasteiger partial charge in [-0.1, -0.05) is 0 Å². The Labute approximate surface area is 224 Å². The van der Waals surface area contributed by atoms with Crippen LogP contribution in [0.1, 0.15) is 35.7 Å². The third-order valence-corrected chi connectivity index (χ3v) is 7.56. The summed E-state index contributed by atoms with van der Waals surface area (Å²) in [6, 6.07) is 4.77. The molecule has 5 heterocycles. The Hall–Kier alpha value is -3.35. The summed E-state index contributed by atoms with van der Waals surface area (Å²) in [6.45, 7) is 6.47. The number of nitrogens with zero attached hydrogens (tertiary/aromatic N) is 6. The first-order chi connectivity index (χ1) is 18.6. The number of piperidine rings is 1. The molecule has 0 spiro atoms. The molecule has 1 N–H and O–H groups in total. The highest BCUT2D eigenvalue weighted by molar-refractivity contribution is 5.88. The number of anilines is 4. The highest BCUT2D eigenvalue weighted by Crippen LogP contribution is 2.37. The van der Waals surface area contributed by atoms with Gasteiger partial charge in [0, 0.05) is 69.8 Å². The minimum Gasteiger partial charge on any atom is -0.478 e. The first kappa shape index (κ1) is 27.2. The average Bonchev–Trinajstić information content (AvgIpc) is 2.93. The second kappa shape index (κ2) is 11.0. The van der Waals surface area contributed by atoms with Crippen LogP contribution in [-0.2, 0) is 10.9 Å². The van der Waals surface area contributed by atoms with E-state index in [4.69, 9.17) is 14.8 Å². The number of carboxylic acid groups (broad SMARTS) is 1. The molecule has 3 saturated heterocycles. The molecule has 0 radical (unpaired) electrons. The standard InChI is InChI=1S/C26H32F4N6O3/c1-17-16-39-11-10-36(17)23-14-20(33-4-2-19(27)3-5-33)13-22(32-23)34-6-8-35(9-7-34)24-21(26(28,29)30)12-18(15-31-24)25(37)38/h12-15,17,19H,2-11,16H2,1H3,(H,37,38)/t17-/m0/s1. The smallest absolute Gasteiger partial charge is 0.419 e. The fraction of sp³-hybridized carbons (Fsp3) is 0.577. The van der Waals surface area contributed by atoms with Crippen LogP contribution in [0.15, 0.2) is 24.4 Å². The van der Waals surface area contributed by atoms with Gasteiger partial charge in [0.05, 0.1) is 30.4 Å². The van der Waals surface area contributed by atoms with Crippen LogP contribution in [0.4, 0.5) is 40.7 Å². The molecule has 39 heavy (non-hydrogen) atoms. The maximum atomic E-state index is 13.8. The molecule has 0 saturated carbocycles. The van der Waals surface area contributed by atoms with E-state index in [0.717, 1.165) is 17.7 Å². The summed E-state index contributed by atoms with van der Waals surface area (Å²) >= 11 is 0. The van der Waals surface area contributed by atoms with E-state index < -0.39 is 29.4 Å². The maximum Gasteiger partial charge on any atom is 0.419 e. The van der Waals surface area contributed by atoms with E-state index in [1.165, 1.54) is 4.90 Å². The molecule has 0 bridgehead atoms. The minimum absolute atomic E-state index is 0.128. The third-order valence-electron chi connectivity index (χ3n) is 7.56. The Morgan fingerprint density at radius 1 is 0.974 bits per heavy atom. The summed E-state index contributed by atoms with van der Waals surface area (Å²) in [5.41, 5.74) is -0.614. The molecule has 0 unspecified atom stereocenters. The van der Waals surface area contributed by atoms with E-state index in [-0.39, 0.29) is 24.9 Å². The first-order valence-corrected chi connectivity index (χ1v) is 13.2. The van der Waals surface area contributed by atoms with Crippen molar-refractivity contribution >= 4 is 29.1 Å². The van der Waals surface area contributed by atoms with Crippen LogP contribution < -0.4 is 19.6 Å². The number of rotatable bonds is 5. The van der Waals surface area contributed by atoms with Crippen molar-refractivity contribution in [2.24, 2.45) is 0 Å². The Morgan fingerprint density at radius 2 is 1.64 bits per heavy atom. The second-order valence-electron chi connectivity index (χ2n) is 10.2. The van der Waals surface area contributed by atoms with E-state index in [1.807, 2.05) is 17.0 Å². The highest BCUT2D eigenvalue weighted by Gasteiger charge is 2.37. The van der Waals surface area contributed by atoms with E-state index in [0.29, 0.717) is 70.7 Å². The molecule has 13 heteroatoms. The lowest BCUT2D eigenvalue weighted by Gasteiger charge is -2.39. The summed E-state index contributed by atoms with van der Waals surface area (Å²) in [7, 11) is 0. The molecule has 3 aliphatic heterocycles. The molecule has 3 fully saturated rings. The number of alkyl halides is 4. The zero-order valence-corrected chi connectivity index (χ0v) is 21.7. The van der Waals surface area contributed by atoms with Crippen LogP contribution in [0.2, 0.25) is 0 Å². The SMILES string of the molecule is C[C@H]1COCCN1c1cc(N2CCC(F)CC2)cc(N2CCN(c3ncc(C(=O)O)cc3C(F)(F)F)CC2)n1. The molecular formula is C26H32F4N6O3. The van der Waals surface area contributed by atoms with Gasteiger partial charge in [-0.15, -0.1) is 0 Å². The van der Waals surface area contributed by atoms with Crippen molar-refractivity contribution in [1.82, 2.24) is 9.97 Å². The quantitative estimate of drug-likeness (QED) is 0.559. The van der Waals surface area contributed by atoms with Crippen LogP contribution in [0.3, 0.4) is 0 Å². The topological polar surface area (TPSA) is 85.3 Å². The van der Waals surface area contributed by atoms with Gasteiger partial charge < -0.3 is 29.4 Å². The zero-order chi connectivity index (χ0) is 27.7. The zero-order valence-electron chi connectivity index (χ0n) is 21.7. The number of aromatic nitrogens is 2. The van der Waals surface area contributed by atoms with Gasteiger partial charge in [0.25, 0.3) is 0 Å². The van der Waals surface area contributed by atoms with Gasteiger partial charge in [-0.2, -0.15) is 13.2 Å². The summed E-state index contributed by atoms with van der Waals surface area (Å²) < 4.78 is 60.7. The lowest BCUT2D eigenvalue weighted by Crippen LogP contribution is -2.48. The molecule has 1 atom stereocenters. The Balaban J connectivity index is 1.39. The van der Waals surface area contributed by atoms with Crippen molar-refractivity contribution in [3.05, 3.63) is 35.5 Å². The van der Waals surface area contributed by atoms with Gasteiger partial charge in [0.15, 0.2) is 0 Å². The number of ether oxygens (including phenoxy) is 1. The van der Waals surface area contributed by atoms with Crippen LogP contribution in [-0.4, -0.2) is 92.3 Å². The molecule has 0 aromatic carbocycles. The fourth-order valence-electron chi connectivity index (χ4n) is 5.34. The van der Waals surface area contributed by atoms with Gasteiger partial charge in [-0.3, -0.25) is 0 Å². The summed E-state index contributed by atoms with van der Waals surface area (Å²) in [6.07, 6.45) is -3.64. The molecule has 5 rings (SSSR count). The largest absolute Gasteiger partial charge is 0.478 e. The molecule has 3 aliphatic rings. The van der Waals surface area contributed by atoms with Crippen molar-refractivity contribution in [3.8, 4) is 0 Å². The minimum atomic E-state index is -4.74. The van der Waals surface area contributed by atoms with Crippen LogP contribution >= 0.6 is 0 Å². The molecule has 212 valence electrons. The maximum absolute atomic E-state index is 13.8. The van der Waals surface area contributed by atoms with Gasteiger partial charge in [-0.05, 0) is 25.8 Å². The number of piperazine rings is 1. The lowest BCUT2D eigenvalue weighted by molar-refractivity contribution is -0.137. The van der Waals surface area contributed by atoms with Crippen LogP contribution in [0, 0.1) is 0 Å². The number of carboxylic acids is 1. The van der Waals surface area contributed by atoms with Crippen LogP contribution in [0.5, 0.6) is 0 Å². The van der Waals surface area contributed by atoms with Crippen molar-refractivity contribution in [2.75, 3.05) is 78.6 Å². The number of pyridine rings is 2. The number of morpholine rings is 1. The molecule has 2 aromatic heterocycles. The van der Waals surface area contributed by atoms with Crippen LogP contribution in [0.25, 0.3) is 0 Å². The monoisotopic (exact) mass is 552 g/mol. The molecular weight excluding hydrogens is 520 g/mol. The molecule has 0 amide bonds. The predicted molar refractivity (Wildman–Crippen MR) is 139 cm³/mol. The van der Waals surface area contributed by atoms with Gasteiger partial charge in [0.1, 0.15) is 23.6 Å². The number of halogens is 4. The normalized spacial score (nSPS) is 21.4. The van der Waals surface area contributed by atoms with Crippen molar-refractivity contribution in [3.63, 3.8) is 0 Å². The number of carbonyl (C=O) groups is 1. The van der Waals surface area contributed by atoms with Crippen molar-refractivity contribution < 1.29 is 32.2 Å². The average molecular weight is 553 g/mol. The molecule has 0 aliphatic carbocycles. The van der Waals surface area contributed by atoms with Gasteiger partial charge in [-0.25, -0.2) is 19.2 Å². The summed E-state index contributed by atoms with van der Waals surface area (Å²) in [4.78, 5) is 28.0. The van der Waals surface area contributed by atoms with E-state index in [2.05, 4.69) is 21.7 Å². The summed E-state index contributed by atoms with van der Waals surface area (Å²) in [5.74, 6) is -0.218. The lowest BCUT2D eigenvalue weighted by atomic mass is 10.1. The number of aromatic carboxylic acids is 1. The third kappa shape index (κ3) is 5.97. The van der Waals surface area contributed by atoms with Crippen molar-refractivity contribution in [1.29, 1.82) is 0 Å². The van der Waals surface area contributed by atoms with Crippen molar-refractivity contribution in [2.45, 2.75) is 38.2 Å². The first-order valence-electron chi connectivity index (χ1n) is 13.2. The Kier molecular flexibility index (Phi) is 7.70. The van der Waals surface area contributed by atoms with Gasteiger partial charge in [0.2, 0.25) is 0 Å². The fourth-order valence-corrected chi connectivity index (χ4v) is 5.34. The second-order valence-corrected chi connectivity index (χ2v) is 10.2. The van der Waals surface area contributed by atoms with E-state index in [9.17, 15) is 22.4 Å². The highest BCUT2D eigenvalue weighted by atomic mass is 19.4. The van der Waals surface area contributed by atoms with E-state index >= 15 is 0 Å². The molecule has 9 nitrogen and oxygen atoms in total. The summed E-state index contributed by atoms with van der Waals surface area (Å²) in [5, 5.41) is 9.13. The van der Waals surface area contributed by atoms with Gasteiger partial charge >= 0.3 is 12.1 Å². The number of hydrogen-bond acceptors (Lipinski definition) is 8. The Morgan fingerprint density at radius 3 is 2.28 bits per heavy atom. The van der Waals surface area contributed by atoms with E-state index in [1.54, 1.807) is 0 Å². The Bertz CT molecular complexity index is 1180. The predicted octanol–water partition coefficient (Wildman–Crippen LogP) is 3.68. The number of hydrogen-bond donors (Lipinski definition) is 1.